The molecule has 144 valence electrons. The van der Waals surface area contributed by atoms with Crippen LogP contribution in [0, 0.1) is 0 Å². The van der Waals surface area contributed by atoms with Gasteiger partial charge < -0.3 is 14.2 Å². The first-order valence-electron chi connectivity index (χ1n) is 9.72. The molecular weight excluding hydrogens is 356 g/mol. The molecule has 0 amide bonds. The van der Waals surface area contributed by atoms with Gasteiger partial charge in [0, 0.05) is 12.8 Å². The van der Waals surface area contributed by atoms with Crippen molar-refractivity contribution in [1.82, 2.24) is 0 Å². The van der Waals surface area contributed by atoms with Crippen molar-refractivity contribution in [3.63, 3.8) is 0 Å². The molecule has 2 bridgehead atoms. The molecule has 4 atom stereocenters. The number of carbonyl (C=O) groups excluding carboxylic acids is 2. The Bertz CT molecular complexity index is 922. The van der Waals surface area contributed by atoms with E-state index in [1.807, 2.05) is 42.5 Å². The molecule has 1 saturated carbocycles. The second kappa shape index (κ2) is 6.26. The van der Waals surface area contributed by atoms with Gasteiger partial charge in [-0.3, -0.25) is 4.79 Å². The largest absolute Gasteiger partial charge is 0.465 e. The van der Waals surface area contributed by atoms with E-state index in [1.165, 1.54) is 7.11 Å². The second-order valence-electron chi connectivity index (χ2n) is 7.81. The lowest BCUT2D eigenvalue weighted by atomic mass is 9.61. The summed E-state index contributed by atoms with van der Waals surface area (Å²) in [6.45, 7) is 0. The van der Waals surface area contributed by atoms with E-state index in [-0.39, 0.29) is 24.0 Å². The van der Waals surface area contributed by atoms with Gasteiger partial charge in [-0.05, 0) is 36.1 Å². The number of carbonyl (C=O) groups is 2. The van der Waals surface area contributed by atoms with E-state index >= 15 is 0 Å². The molecule has 1 aliphatic carbocycles. The van der Waals surface area contributed by atoms with E-state index in [9.17, 15) is 9.59 Å². The number of hydrogen-bond donors (Lipinski definition) is 0. The third-order valence-corrected chi connectivity index (χ3v) is 6.47. The standard InChI is InChI=1S/C23H22O5/c1-26-21(25)16-11-9-15(10-12-16)20-18-14-22(17-6-3-2-4-7-17)19(24)8-5-13-23(22,27-18)28-20/h2-4,6-7,9-12,18,20H,5,8,13-14H2,1H3/t18-,20-,22+,23-/m1/s1. The lowest BCUT2D eigenvalue weighted by Gasteiger charge is -2.47. The maximum Gasteiger partial charge on any atom is 0.337 e. The van der Waals surface area contributed by atoms with Crippen LogP contribution in [0.1, 0.15) is 53.3 Å². The molecule has 5 heteroatoms. The van der Waals surface area contributed by atoms with Gasteiger partial charge in [0.2, 0.25) is 0 Å². The number of methoxy groups -OCH3 is 1. The average Bonchev–Trinajstić information content (AvgIpc) is 3.28. The van der Waals surface area contributed by atoms with Gasteiger partial charge in [-0.2, -0.15) is 0 Å². The summed E-state index contributed by atoms with van der Waals surface area (Å²) < 4.78 is 17.7. The van der Waals surface area contributed by atoms with E-state index in [4.69, 9.17) is 14.2 Å². The molecule has 2 saturated heterocycles. The maximum atomic E-state index is 13.2. The molecule has 0 unspecified atom stereocenters. The number of ketones is 1. The van der Waals surface area contributed by atoms with Gasteiger partial charge in [-0.15, -0.1) is 0 Å². The molecule has 2 aromatic carbocycles. The van der Waals surface area contributed by atoms with Crippen molar-refractivity contribution in [3.8, 4) is 0 Å². The zero-order chi connectivity index (χ0) is 19.4. The smallest absolute Gasteiger partial charge is 0.337 e. The molecule has 3 aliphatic rings. The Hall–Kier alpha value is -2.50. The lowest BCUT2D eigenvalue weighted by molar-refractivity contribution is -0.213. The number of ether oxygens (including phenoxy) is 3. The van der Waals surface area contributed by atoms with Gasteiger partial charge in [0.25, 0.3) is 0 Å². The van der Waals surface area contributed by atoms with Gasteiger partial charge in [-0.25, -0.2) is 4.79 Å². The number of rotatable bonds is 3. The minimum Gasteiger partial charge on any atom is -0.465 e. The molecule has 0 aromatic heterocycles. The minimum absolute atomic E-state index is 0.189. The molecular formula is C23H22O5. The Kier molecular flexibility index (Phi) is 3.93. The molecule has 2 aliphatic heterocycles. The van der Waals surface area contributed by atoms with Crippen molar-refractivity contribution >= 4 is 11.8 Å². The van der Waals surface area contributed by atoms with Crippen LogP contribution in [0.4, 0.5) is 0 Å². The van der Waals surface area contributed by atoms with Crippen LogP contribution in [-0.2, 0) is 24.4 Å². The van der Waals surface area contributed by atoms with Crippen LogP contribution in [-0.4, -0.2) is 30.8 Å². The van der Waals surface area contributed by atoms with Crippen molar-refractivity contribution in [2.75, 3.05) is 7.11 Å². The Balaban J connectivity index is 1.50. The van der Waals surface area contributed by atoms with E-state index in [2.05, 4.69) is 0 Å². The van der Waals surface area contributed by atoms with Crippen LogP contribution in [0.5, 0.6) is 0 Å². The predicted octanol–water partition coefficient (Wildman–Crippen LogP) is 3.72. The highest BCUT2D eigenvalue weighted by Gasteiger charge is 2.72. The summed E-state index contributed by atoms with van der Waals surface area (Å²) in [5.41, 5.74) is 1.72. The first kappa shape index (κ1) is 17.6. The molecule has 2 aromatic rings. The van der Waals surface area contributed by atoms with Gasteiger partial charge >= 0.3 is 5.97 Å². The predicted molar refractivity (Wildman–Crippen MR) is 101 cm³/mol. The zero-order valence-corrected chi connectivity index (χ0v) is 15.7. The first-order valence-corrected chi connectivity index (χ1v) is 9.72. The third kappa shape index (κ3) is 2.26. The molecule has 0 radical (unpaired) electrons. The van der Waals surface area contributed by atoms with Crippen molar-refractivity contribution in [2.24, 2.45) is 0 Å². The number of esters is 1. The quantitative estimate of drug-likeness (QED) is 0.762. The van der Waals surface area contributed by atoms with E-state index < -0.39 is 11.2 Å². The summed E-state index contributed by atoms with van der Waals surface area (Å²) in [5.74, 6) is -1.05. The maximum absolute atomic E-state index is 13.2. The van der Waals surface area contributed by atoms with Gasteiger partial charge in [-0.1, -0.05) is 42.5 Å². The minimum atomic E-state index is -0.903. The van der Waals surface area contributed by atoms with Gasteiger partial charge in [0.1, 0.15) is 17.3 Å². The van der Waals surface area contributed by atoms with Crippen LogP contribution in [0.25, 0.3) is 0 Å². The topological polar surface area (TPSA) is 61.8 Å². The zero-order valence-electron chi connectivity index (χ0n) is 15.7. The van der Waals surface area contributed by atoms with Crippen LogP contribution in [0.2, 0.25) is 0 Å². The van der Waals surface area contributed by atoms with E-state index in [1.54, 1.807) is 12.1 Å². The lowest BCUT2D eigenvalue weighted by Crippen LogP contribution is -2.58. The summed E-state index contributed by atoms with van der Waals surface area (Å²) in [4.78, 5) is 24.8. The molecule has 2 heterocycles. The second-order valence-corrected chi connectivity index (χ2v) is 7.81. The fourth-order valence-electron chi connectivity index (χ4n) is 5.21. The van der Waals surface area contributed by atoms with Crippen molar-refractivity contribution in [2.45, 2.75) is 49.1 Å². The van der Waals surface area contributed by atoms with Crippen molar-refractivity contribution in [3.05, 3.63) is 71.3 Å². The Morgan fingerprint density at radius 1 is 1.07 bits per heavy atom. The number of Topliss-reactive ketones (excluding diaryl/α,β-unsaturated/α-hetero) is 1. The van der Waals surface area contributed by atoms with Crippen LogP contribution >= 0.6 is 0 Å². The monoisotopic (exact) mass is 378 g/mol. The Labute approximate surface area is 163 Å². The fourth-order valence-corrected chi connectivity index (χ4v) is 5.21. The highest BCUT2D eigenvalue weighted by molar-refractivity contribution is 5.93. The average molecular weight is 378 g/mol. The number of hydrogen-bond acceptors (Lipinski definition) is 5. The summed E-state index contributed by atoms with van der Waals surface area (Å²) in [6, 6.07) is 17.2. The fraction of sp³-hybridized carbons (Fsp3) is 0.391. The molecule has 3 fully saturated rings. The summed E-state index contributed by atoms with van der Waals surface area (Å²) in [5, 5.41) is 0. The number of fused-ring (bicyclic) bond motifs is 1. The van der Waals surface area contributed by atoms with Crippen molar-refractivity contribution < 1.29 is 23.8 Å². The number of benzene rings is 2. The first-order chi connectivity index (χ1) is 13.6. The van der Waals surface area contributed by atoms with Crippen LogP contribution < -0.4 is 0 Å². The molecule has 5 rings (SSSR count). The van der Waals surface area contributed by atoms with Crippen LogP contribution in [0.15, 0.2) is 54.6 Å². The van der Waals surface area contributed by atoms with E-state index in [0.29, 0.717) is 24.8 Å². The summed E-state index contributed by atoms with van der Waals surface area (Å²) >= 11 is 0. The van der Waals surface area contributed by atoms with Crippen LogP contribution in [0.3, 0.4) is 0 Å². The summed E-state index contributed by atoms with van der Waals surface area (Å²) in [6.07, 6.45) is 2.24. The molecule has 0 N–H and O–H groups in total. The summed E-state index contributed by atoms with van der Waals surface area (Å²) in [7, 11) is 1.37. The molecule has 5 nitrogen and oxygen atoms in total. The highest BCUT2D eigenvalue weighted by Crippen LogP contribution is 2.63. The van der Waals surface area contributed by atoms with Crippen molar-refractivity contribution in [1.29, 1.82) is 0 Å². The normalized spacial score (nSPS) is 33.5. The SMILES string of the molecule is COC(=O)c1ccc([C@H]2O[C@]34CCCC(=O)[C@@]3(c3ccccc3)C[C@H]2O4)cc1. The van der Waals surface area contributed by atoms with E-state index in [0.717, 1.165) is 17.5 Å². The Morgan fingerprint density at radius 2 is 1.82 bits per heavy atom. The Morgan fingerprint density at radius 3 is 2.54 bits per heavy atom. The highest BCUT2D eigenvalue weighted by atomic mass is 16.8. The third-order valence-electron chi connectivity index (χ3n) is 6.47. The van der Waals surface area contributed by atoms with Gasteiger partial charge in [0.05, 0.1) is 18.8 Å². The van der Waals surface area contributed by atoms with Gasteiger partial charge in [0.15, 0.2) is 5.79 Å². The molecule has 1 spiro atoms. The molecule has 28 heavy (non-hydrogen) atoms.